The summed E-state index contributed by atoms with van der Waals surface area (Å²) in [4.78, 5) is 4.65. The van der Waals surface area contributed by atoms with Crippen molar-refractivity contribution in [3.05, 3.63) is 76.3 Å². The van der Waals surface area contributed by atoms with Crippen LogP contribution in [0.15, 0.2) is 65.5 Å². The highest BCUT2D eigenvalue weighted by molar-refractivity contribution is 9.10. The molecule has 4 rings (SSSR count). The molecule has 3 aromatic heterocycles. The summed E-state index contributed by atoms with van der Waals surface area (Å²) < 4.78 is 3.37. The van der Waals surface area contributed by atoms with E-state index in [1.165, 1.54) is 12.4 Å². The number of fused-ring (bicyclic) bond motifs is 1. The van der Waals surface area contributed by atoms with E-state index in [9.17, 15) is 5.21 Å². The van der Waals surface area contributed by atoms with Gasteiger partial charge in [0.2, 0.25) is 0 Å². The van der Waals surface area contributed by atoms with Gasteiger partial charge in [-0.25, -0.2) is 4.98 Å². The van der Waals surface area contributed by atoms with E-state index in [4.69, 9.17) is 7.85 Å². The average Bonchev–Trinajstić information content (AvgIpc) is 3.01. The molecule has 0 aliphatic carbocycles. The third-order valence-corrected chi connectivity index (χ3v) is 4.65. The summed E-state index contributed by atoms with van der Waals surface area (Å²) in [6.07, 6.45) is 4.55. The second-order valence-electron chi connectivity index (χ2n) is 5.77. The van der Waals surface area contributed by atoms with Crippen LogP contribution in [0.2, 0.25) is 0 Å². The van der Waals surface area contributed by atoms with Crippen molar-refractivity contribution in [1.29, 1.82) is 0 Å². The maximum atomic E-state index is 11.4. The Bertz CT molecular complexity index is 1100. The quantitative estimate of drug-likeness (QED) is 0.321. The number of halogens is 1. The van der Waals surface area contributed by atoms with E-state index < -0.39 is 0 Å². The summed E-state index contributed by atoms with van der Waals surface area (Å²) in [5.41, 5.74) is 3.66. The van der Waals surface area contributed by atoms with Crippen LogP contribution in [-0.4, -0.2) is 22.4 Å². The Morgan fingerprint density at radius 3 is 2.88 bits per heavy atom. The molecule has 3 heterocycles. The third kappa shape index (κ3) is 3.15. The van der Waals surface area contributed by atoms with Gasteiger partial charge in [-0.2, -0.15) is 14.3 Å². The van der Waals surface area contributed by atoms with Crippen LogP contribution in [0.3, 0.4) is 0 Å². The standard InChI is InChI=1S/C18H13BBrN5O/c19-14-10-22-25-17(21-9-12-4-3-7-24(26)11-12)8-16(23-18(14)25)13-5-1-2-6-15(13)20/h1-8,10-11,21H,9H2. The van der Waals surface area contributed by atoms with Crippen LogP contribution in [-0.2, 0) is 6.54 Å². The van der Waals surface area contributed by atoms with Crippen molar-refractivity contribution in [3.8, 4) is 11.3 Å². The maximum absolute atomic E-state index is 11.4. The van der Waals surface area contributed by atoms with Crippen molar-refractivity contribution < 1.29 is 4.73 Å². The monoisotopic (exact) mass is 405 g/mol. The van der Waals surface area contributed by atoms with Gasteiger partial charge in [0.1, 0.15) is 13.7 Å². The second-order valence-corrected chi connectivity index (χ2v) is 6.62. The van der Waals surface area contributed by atoms with E-state index in [0.717, 1.165) is 31.8 Å². The van der Waals surface area contributed by atoms with Crippen LogP contribution in [0.5, 0.6) is 0 Å². The Balaban J connectivity index is 1.77. The lowest BCUT2D eigenvalue weighted by Gasteiger charge is -2.12. The van der Waals surface area contributed by atoms with Gasteiger partial charge in [0.25, 0.3) is 0 Å². The number of hydrogen-bond donors (Lipinski definition) is 1. The van der Waals surface area contributed by atoms with E-state index in [0.29, 0.717) is 17.7 Å². The number of benzene rings is 1. The molecule has 0 atom stereocenters. The number of nitrogens with zero attached hydrogens (tertiary/aromatic N) is 4. The molecule has 0 unspecified atom stereocenters. The van der Waals surface area contributed by atoms with E-state index in [1.807, 2.05) is 36.4 Å². The molecule has 0 saturated heterocycles. The van der Waals surface area contributed by atoms with Crippen molar-refractivity contribution >= 4 is 40.7 Å². The third-order valence-electron chi connectivity index (χ3n) is 3.96. The Morgan fingerprint density at radius 1 is 1.23 bits per heavy atom. The van der Waals surface area contributed by atoms with Gasteiger partial charge in [-0.1, -0.05) is 34.1 Å². The molecule has 1 aromatic carbocycles. The molecular weight excluding hydrogens is 393 g/mol. The zero-order valence-electron chi connectivity index (χ0n) is 13.6. The Hall–Kier alpha value is -2.87. The van der Waals surface area contributed by atoms with Gasteiger partial charge >= 0.3 is 0 Å². The molecule has 1 N–H and O–H groups in total. The molecular formula is C18H13BBrN5O. The van der Waals surface area contributed by atoms with E-state index >= 15 is 0 Å². The fourth-order valence-corrected chi connectivity index (χ4v) is 3.20. The molecule has 2 radical (unpaired) electrons. The minimum atomic E-state index is 0.470. The summed E-state index contributed by atoms with van der Waals surface area (Å²) in [6, 6.07) is 13.4. The van der Waals surface area contributed by atoms with Crippen molar-refractivity contribution in [2.45, 2.75) is 6.54 Å². The maximum Gasteiger partial charge on any atom is 0.185 e. The van der Waals surface area contributed by atoms with Crippen LogP contribution >= 0.6 is 15.9 Å². The molecule has 0 bridgehead atoms. The molecule has 0 spiro atoms. The lowest BCUT2D eigenvalue weighted by Crippen LogP contribution is -2.25. The fraction of sp³-hybridized carbons (Fsp3) is 0.0556. The van der Waals surface area contributed by atoms with E-state index in [-0.39, 0.29) is 0 Å². The van der Waals surface area contributed by atoms with Crippen molar-refractivity contribution in [2.24, 2.45) is 0 Å². The van der Waals surface area contributed by atoms with Crippen LogP contribution in [0, 0.1) is 5.21 Å². The number of rotatable bonds is 4. The minimum absolute atomic E-state index is 0.470. The Kier molecular flexibility index (Phi) is 4.34. The molecule has 0 fully saturated rings. The first-order chi connectivity index (χ1) is 12.6. The van der Waals surface area contributed by atoms with E-state index in [1.54, 1.807) is 16.8 Å². The molecule has 8 heteroatoms. The summed E-state index contributed by atoms with van der Waals surface area (Å²) in [6.45, 7) is 0.470. The predicted octanol–water partition coefficient (Wildman–Crippen LogP) is 2.20. The number of hydrogen-bond acceptors (Lipinski definition) is 4. The molecule has 4 aromatic rings. The average molecular weight is 406 g/mol. The molecule has 0 aliphatic rings. The zero-order chi connectivity index (χ0) is 18.1. The summed E-state index contributed by atoms with van der Waals surface area (Å²) in [5.74, 6) is 0.735. The lowest BCUT2D eigenvalue weighted by molar-refractivity contribution is -0.605. The van der Waals surface area contributed by atoms with Gasteiger partial charge in [-0.15, -0.1) is 0 Å². The van der Waals surface area contributed by atoms with Crippen LogP contribution in [0.4, 0.5) is 5.82 Å². The van der Waals surface area contributed by atoms with E-state index in [2.05, 4.69) is 31.3 Å². The number of pyridine rings is 1. The first-order valence-electron chi connectivity index (χ1n) is 7.92. The minimum Gasteiger partial charge on any atom is -0.619 e. The van der Waals surface area contributed by atoms with Crippen molar-refractivity contribution in [3.63, 3.8) is 0 Å². The van der Waals surface area contributed by atoms with Gasteiger partial charge in [0.15, 0.2) is 18.0 Å². The summed E-state index contributed by atoms with van der Waals surface area (Å²) in [7, 11) is 6.03. The van der Waals surface area contributed by atoms with Gasteiger partial charge in [0.05, 0.1) is 5.69 Å². The van der Waals surface area contributed by atoms with Gasteiger partial charge in [0, 0.05) is 40.5 Å². The highest BCUT2D eigenvalue weighted by Crippen LogP contribution is 2.28. The number of anilines is 1. The van der Waals surface area contributed by atoms with Crippen LogP contribution in [0.25, 0.3) is 16.9 Å². The first-order valence-corrected chi connectivity index (χ1v) is 8.72. The molecule has 6 nitrogen and oxygen atoms in total. The molecule has 126 valence electrons. The van der Waals surface area contributed by atoms with Crippen LogP contribution in [0.1, 0.15) is 5.56 Å². The topological polar surface area (TPSA) is 69.2 Å². The van der Waals surface area contributed by atoms with Crippen LogP contribution < -0.4 is 15.5 Å². The molecule has 0 aliphatic heterocycles. The first kappa shape index (κ1) is 16.6. The van der Waals surface area contributed by atoms with Gasteiger partial charge in [-0.05, 0) is 17.6 Å². The highest BCUT2D eigenvalue weighted by atomic mass is 79.9. The normalized spacial score (nSPS) is 11.0. The second kappa shape index (κ2) is 6.80. The summed E-state index contributed by atoms with van der Waals surface area (Å²) >= 11 is 3.56. The Labute approximate surface area is 159 Å². The molecule has 0 amide bonds. The largest absolute Gasteiger partial charge is 0.619 e. The smallest absolute Gasteiger partial charge is 0.185 e. The number of nitrogens with one attached hydrogen (secondary N) is 1. The number of aromatic nitrogens is 4. The SMILES string of the molecule is [B]c1cnn2c(NCc3ccc[n+]([O-])c3)cc(-c3ccccc3Br)nc12. The van der Waals surface area contributed by atoms with Crippen molar-refractivity contribution in [2.75, 3.05) is 5.32 Å². The van der Waals surface area contributed by atoms with Crippen molar-refractivity contribution in [1.82, 2.24) is 14.6 Å². The highest BCUT2D eigenvalue weighted by Gasteiger charge is 2.12. The molecule has 0 saturated carbocycles. The lowest BCUT2D eigenvalue weighted by atomic mass is 10.0. The fourth-order valence-electron chi connectivity index (χ4n) is 2.71. The molecule has 26 heavy (non-hydrogen) atoms. The predicted molar refractivity (Wildman–Crippen MR) is 104 cm³/mol. The Morgan fingerprint density at radius 2 is 2.08 bits per heavy atom. The van der Waals surface area contributed by atoms with Gasteiger partial charge in [-0.3, -0.25) is 0 Å². The van der Waals surface area contributed by atoms with Gasteiger partial charge < -0.3 is 10.5 Å². The summed E-state index contributed by atoms with van der Waals surface area (Å²) in [5, 5.41) is 19.0. The zero-order valence-corrected chi connectivity index (χ0v) is 15.2.